The lowest BCUT2D eigenvalue weighted by molar-refractivity contribution is -0.113. The van der Waals surface area contributed by atoms with Crippen LogP contribution >= 0.6 is 11.8 Å². The van der Waals surface area contributed by atoms with Crippen LogP contribution in [0.15, 0.2) is 18.2 Å². The van der Waals surface area contributed by atoms with E-state index in [4.69, 9.17) is 9.84 Å². The van der Waals surface area contributed by atoms with Crippen LogP contribution in [-0.2, 0) is 4.79 Å². The molecule has 1 aromatic carbocycles. The predicted octanol–water partition coefficient (Wildman–Crippen LogP) is 1.67. The van der Waals surface area contributed by atoms with Gasteiger partial charge in [0.2, 0.25) is 5.91 Å². The molecule has 0 radical (unpaired) electrons. The molecule has 0 aromatic heterocycles. The first-order chi connectivity index (χ1) is 8.17. The maximum Gasteiger partial charge on any atom is 0.234 e. The molecular weight excluding hydrogens is 238 g/mol. The molecular formula is C12H17NO3S. The monoisotopic (exact) mass is 255 g/mol. The number of anilines is 1. The van der Waals surface area contributed by atoms with Crippen molar-refractivity contribution < 1.29 is 14.6 Å². The molecule has 94 valence electrons. The summed E-state index contributed by atoms with van der Waals surface area (Å²) in [5.74, 6) is 1.46. The Hall–Kier alpha value is -1.20. The molecule has 17 heavy (non-hydrogen) atoms. The summed E-state index contributed by atoms with van der Waals surface area (Å²) in [5, 5.41) is 11.4. The number of aliphatic hydroxyl groups is 1. The third kappa shape index (κ3) is 4.66. The molecule has 0 heterocycles. The summed E-state index contributed by atoms with van der Waals surface area (Å²) in [6.07, 6.45) is 0. The molecule has 0 bridgehead atoms. The van der Waals surface area contributed by atoms with Crippen LogP contribution in [0.25, 0.3) is 0 Å². The maximum absolute atomic E-state index is 11.6. The van der Waals surface area contributed by atoms with Crippen LogP contribution in [-0.4, -0.2) is 36.2 Å². The van der Waals surface area contributed by atoms with Gasteiger partial charge in [-0.15, -0.1) is 11.8 Å². The molecule has 4 nitrogen and oxygen atoms in total. The molecule has 0 saturated heterocycles. The van der Waals surface area contributed by atoms with Crippen molar-refractivity contribution in [3.05, 3.63) is 23.8 Å². The fourth-order valence-electron chi connectivity index (χ4n) is 1.34. The minimum atomic E-state index is -0.0904. The summed E-state index contributed by atoms with van der Waals surface area (Å²) >= 11 is 1.40. The topological polar surface area (TPSA) is 58.6 Å². The van der Waals surface area contributed by atoms with E-state index in [0.29, 0.717) is 22.9 Å². The van der Waals surface area contributed by atoms with E-state index >= 15 is 0 Å². The van der Waals surface area contributed by atoms with Gasteiger partial charge in [-0.25, -0.2) is 0 Å². The molecule has 0 aliphatic carbocycles. The van der Waals surface area contributed by atoms with E-state index < -0.39 is 0 Å². The summed E-state index contributed by atoms with van der Waals surface area (Å²) < 4.78 is 5.17. The number of carbonyl (C=O) groups is 1. The average Bonchev–Trinajstić information content (AvgIpc) is 2.29. The number of rotatable bonds is 6. The van der Waals surface area contributed by atoms with Gasteiger partial charge in [0, 0.05) is 5.75 Å². The third-order valence-corrected chi connectivity index (χ3v) is 3.04. The fraction of sp³-hybridized carbons (Fsp3) is 0.417. The number of hydrogen-bond donors (Lipinski definition) is 2. The molecule has 1 rings (SSSR count). The summed E-state index contributed by atoms with van der Waals surface area (Å²) in [5.41, 5.74) is 1.74. The van der Waals surface area contributed by atoms with E-state index in [-0.39, 0.29) is 12.5 Å². The number of aryl methyl sites for hydroxylation is 1. The number of hydrogen-bond acceptors (Lipinski definition) is 4. The highest BCUT2D eigenvalue weighted by Crippen LogP contribution is 2.25. The summed E-state index contributed by atoms with van der Waals surface area (Å²) in [4.78, 5) is 11.6. The van der Waals surface area contributed by atoms with Gasteiger partial charge in [-0.3, -0.25) is 4.79 Å². The van der Waals surface area contributed by atoms with Gasteiger partial charge in [0.1, 0.15) is 5.75 Å². The van der Waals surface area contributed by atoms with E-state index in [1.807, 2.05) is 25.1 Å². The van der Waals surface area contributed by atoms with E-state index in [9.17, 15) is 4.79 Å². The quantitative estimate of drug-likeness (QED) is 0.759. The molecule has 0 fully saturated rings. The molecule has 2 N–H and O–H groups in total. The first-order valence-electron chi connectivity index (χ1n) is 5.30. The Morgan fingerprint density at radius 1 is 1.53 bits per heavy atom. The first-order valence-corrected chi connectivity index (χ1v) is 6.46. The molecule has 0 saturated carbocycles. The zero-order valence-electron chi connectivity index (χ0n) is 10.0. The summed E-state index contributed by atoms with van der Waals surface area (Å²) in [6, 6.07) is 5.62. The highest BCUT2D eigenvalue weighted by atomic mass is 32.2. The second kappa shape index (κ2) is 7.19. The molecule has 0 unspecified atom stereocenters. The summed E-state index contributed by atoms with van der Waals surface area (Å²) in [7, 11) is 1.57. The minimum Gasteiger partial charge on any atom is -0.495 e. The number of carbonyl (C=O) groups excluding carboxylic acids is 1. The van der Waals surface area contributed by atoms with Gasteiger partial charge in [-0.1, -0.05) is 6.07 Å². The van der Waals surface area contributed by atoms with Crippen LogP contribution in [0.2, 0.25) is 0 Å². The smallest absolute Gasteiger partial charge is 0.234 e. The van der Waals surface area contributed by atoms with Crippen LogP contribution in [0.1, 0.15) is 5.56 Å². The van der Waals surface area contributed by atoms with Gasteiger partial charge in [0.05, 0.1) is 25.2 Å². The van der Waals surface area contributed by atoms with Gasteiger partial charge in [0.15, 0.2) is 0 Å². The van der Waals surface area contributed by atoms with Gasteiger partial charge in [-0.2, -0.15) is 0 Å². The van der Waals surface area contributed by atoms with E-state index in [1.54, 1.807) is 7.11 Å². The Morgan fingerprint density at radius 3 is 2.94 bits per heavy atom. The Kier molecular flexibility index (Phi) is 5.86. The van der Waals surface area contributed by atoms with Crippen LogP contribution in [0.4, 0.5) is 5.69 Å². The van der Waals surface area contributed by atoms with Crippen LogP contribution in [0.5, 0.6) is 5.75 Å². The zero-order valence-corrected chi connectivity index (χ0v) is 10.8. The highest BCUT2D eigenvalue weighted by Gasteiger charge is 2.07. The second-order valence-electron chi connectivity index (χ2n) is 3.53. The SMILES string of the molecule is COc1ccc(C)cc1NC(=O)CSCCO. The molecule has 0 aliphatic heterocycles. The van der Waals surface area contributed by atoms with E-state index in [1.165, 1.54) is 11.8 Å². The minimum absolute atomic E-state index is 0.0890. The largest absolute Gasteiger partial charge is 0.495 e. The first kappa shape index (κ1) is 13.9. The fourth-order valence-corrected chi connectivity index (χ4v) is 1.87. The Balaban J connectivity index is 2.60. The number of amides is 1. The number of benzene rings is 1. The van der Waals surface area contributed by atoms with Crippen molar-refractivity contribution in [1.29, 1.82) is 0 Å². The van der Waals surface area contributed by atoms with E-state index in [2.05, 4.69) is 5.32 Å². The van der Waals surface area contributed by atoms with Crippen LogP contribution in [0, 0.1) is 6.92 Å². The normalized spacial score (nSPS) is 10.1. The Bertz CT molecular complexity index is 382. The number of methoxy groups -OCH3 is 1. The Morgan fingerprint density at radius 2 is 2.29 bits per heavy atom. The number of thioether (sulfide) groups is 1. The number of aliphatic hydroxyl groups excluding tert-OH is 1. The van der Waals surface area contributed by atoms with Crippen LogP contribution < -0.4 is 10.1 Å². The van der Waals surface area contributed by atoms with Gasteiger partial charge >= 0.3 is 0 Å². The molecule has 0 atom stereocenters. The molecule has 1 aromatic rings. The van der Waals surface area contributed by atoms with Crippen molar-refractivity contribution in [3.8, 4) is 5.75 Å². The van der Waals surface area contributed by atoms with Crippen molar-refractivity contribution in [2.45, 2.75) is 6.92 Å². The number of ether oxygens (including phenoxy) is 1. The van der Waals surface area contributed by atoms with Crippen molar-refractivity contribution in [3.63, 3.8) is 0 Å². The lowest BCUT2D eigenvalue weighted by Crippen LogP contribution is -2.15. The van der Waals surface area contributed by atoms with E-state index in [0.717, 1.165) is 5.56 Å². The Labute approximate surface area is 105 Å². The lowest BCUT2D eigenvalue weighted by Gasteiger charge is -2.10. The van der Waals surface area contributed by atoms with Gasteiger partial charge in [0.25, 0.3) is 0 Å². The third-order valence-electron chi connectivity index (χ3n) is 2.10. The standard InChI is InChI=1S/C12H17NO3S/c1-9-3-4-11(16-2)10(7-9)13-12(15)8-17-6-5-14/h3-4,7,14H,5-6,8H2,1-2H3,(H,13,15). The average molecular weight is 255 g/mol. The number of nitrogens with one attached hydrogen (secondary N) is 1. The molecule has 0 spiro atoms. The maximum atomic E-state index is 11.6. The molecule has 0 aliphatic rings. The highest BCUT2D eigenvalue weighted by molar-refractivity contribution is 7.99. The van der Waals surface area contributed by atoms with Crippen molar-refractivity contribution >= 4 is 23.4 Å². The van der Waals surface area contributed by atoms with Gasteiger partial charge in [-0.05, 0) is 24.6 Å². The summed E-state index contributed by atoms with van der Waals surface area (Å²) in [6.45, 7) is 2.04. The molecule has 5 heteroatoms. The van der Waals surface area contributed by atoms with Crippen molar-refractivity contribution in [1.82, 2.24) is 0 Å². The van der Waals surface area contributed by atoms with Gasteiger partial charge < -0.3 is 15.2 Å². The molecule has 1 amide bonds. The van der Waals surface area contributed by atoms with Crippen molar-refractivity contribution in [2.24, 2.45) is 0 Å². The van der Waals surface area contributed by atoms with Crippen molar-refractivity contribution in [2.75, 3.05) is 30.5 Å². The van der Waals surface area contributed by atoms with Crippen LogP contribution in [0.3, 0.4) is 0 Å². The zero-order chi connectivity index (χ0) is 12.7. The second-order valence-corrected chi connectivity index (χ2v) is 4.63. The predicted molar refractivity (Wildman–Crippen MR) is 70.8 cm³/mol. The lowest BCUT2D eigenvalue weighted by atomic mass is 10.2.